The minimum atomic E-state index is -0.315. The lowest BCUT2D eigenvalue weighted by Crippen LogP contribution is -1.95. The van der Waals surface area contributed by atoms with Gasteiger partial charge in [-0.05, 0) is 29.8 Å². The van der Waals surface area contributed by atoms with Crippen molar-refractivity contribution in [1.29, 1.82) is 0 Å². The summed E-state index contributed by atoms with van der Waals surface area (Å²) in [6.07, 6.45) is 1.98. The summed E-state index contributed by atoms with van der Waals surface area (Å²) in [4.78, 5) is 4.37. The molecule has 0 fully saturated rings. The van der Waals surface area contributed by atoms with Crippen molar-refractivity contribution in [2.24, 2.45) is 0 Å². The van der Waals surface area contributed by atoms with Crippen molar-refractivity contribution in [2.45, 2.75) is 11.8 Å². The Morgan fingerprint density at radius 1 is 1.22 bits per heavy atom. The van der Waals surface area contributed by atoms with Gasteiger partial charge in [-0.25, -0.2) is 4.98 Å². The number of benzene rings is 1. The van der Waals surface area contributed by atoms with Crippen molar-refractivity contribution >= 4 is 34.3 Å². The van der Waals surface area contributed by atoms with E-state index in [4.69, 9.17) is 32.0 Å². The van der Waals surface area contributed by atoms with E-state index in [9.17, 15) is 0 Å². The number of alkyl halides is 1. The highest BCUT2D eigenvalue weighted by Crippen LogP contribution is 2.31. The molecule has 1 aromatic carbocycles. The first kappa shape index (κ1) is 11.6. The number of furan rings is 1. The Balaban J connectivity index is 1.86. The van der Waals surface area contributed by atoms with Crippen LogP contribution in [0.3, 0.4) is 0 Å². The Hall–Kier alpha value is -1.45. The molecule has 0 aliphatic carbocycles. The van der Waals surface area contributed by atoms with Crippen molar-refractivity contribution < 1.29 is 8.83 Å². The SMILES string of the molecule is Clc1occc1C(Cl)Cc1nc2ccccc2o1. The van der Waals surface area contributed by atoms with Crippen molar-refractivity contribution in [3.8, 4) is 0 Å². The first-order valence-corrected chi connectivity index (χ1v) is 6.27. The van der Waals surface area contributed by atoms with Gasteiger partial charge in [0.2, 0.25) is 0 Å². The van der Waals surface area contributed by atoms with Crippen LogP contribution in [0.4, 0.5) is 0 Å². The van der Waals surface area contributed by atoms with Crippen LogP contribution in [0, 0.1) is 0 Å². The van der Waals surface area contributed by atoms with Crippen LogP contribution in [0.25, 0.3) is 11.1 Å². The number of oxazole rings is 1. The van der Waals surface area contributed by atoms with Gasteiger partial charge >= 0.3 is 0 Å². The maximum atomic E-state index is 6.27. The van der Waals surface area contributed by atoms with Gasteiger partial charge in [-0.15, -0.1) is 11.6 Å². The van der Waals surface area contributed by atoms with Gasteiger partial charge in [-0.1, -0.05) is 12.1 Å². The molecule has 3 aromatic rings. The molecule has 0 bridgehead atoms. The summed E-state index contributed by atoms with van der Waals surface area (Å²) in [6.45, 7) is 0. The van der Waals surface area contributed by atoms with Crippen LogP contribution in [0.15, 0.2) is 45.4 Å². The number of rotatable bonds is 3. The van der Waals surface area contributed by atoms with E-state index in [0.717, 1.165) is 16.7 Å². The molecule has 1 unspecified atom stereocenters. The van der Waals surface area contributed by atoms with E-state index in [1.807, 2.05) is 24.3 Å². The molecule has 1 atom stereocenters. The van der Waals surface area contributed by atoms with Crippen LogP contribution < -0.4 is 0 Å². The van der Waals surface area contributed by atoms with Crippen molar-refractivity contribution in [3.05, 3.63) is 53.3 Å². The molecule has 0 N–H and O–H groups in total. The quantitative estimate of drug-likeness (QED) is 0.659. The van der Waals surface area contributed by atoms with Crippen LogP contribution in [-0.4, -0.2) is 4.98 Å². The first-order valence-electron chi connectivity index (χ1n) is 5.45. The van der Waals surface area contributed by atoms with E-state index in [0.29, 0.717) is 17.5 Å². The van der Waals surface area contributed by atoms with Crippen molar-refractivity contribution in [2.75, 3.05) is 0 Å². The zero-order valence-electron chi connectivity index (χ0n) is 9.27. The number of aromatic nitrogens is 1. The van der Waals surface area contributed by atoms with Crippen molar-refractivity contribution in [3.63, 3.8) is 0 Å². The molecule has 18 heavy (non-hydrogen) atoms. The Kier molecular flexibility index (Phi) is 3.02. The number of para-hydroxylation sites is 2. The largest absolute Gasteiger partial charge is 0.453 e. The molecule has 5 heteroatoms. The fourth-order valence-electron chi connectivity index (χ4n) is 1.80. The van der Waals surface area contributed by atoms with Crippen LogP contribution in [0.1, 0.15) is 16.8 Å². The number of fused-ring (bicyclic) bond motifs is 1. The average molecular weight is 282 g/mol. The summed E-state index contributed by atoms with van der Waals surface area (Å²) in [5.74, 6) is 0.591. The molecule has 0 amide bonds. The molecule has 0 spiro atoms. The third-order valence-corrected chi connectivity index (χ3v) is 3.37. The zero-order valence-corrected chi connectivity index (χ0v) is 10.8. The summed E-state index contributed by atoms with van der Waals surface area (Å²) in [7, 11) is 0. The lowest BCUT2D eigenvalue weighted by atomic mass is 10.2. The van der Waals surface area contributed by atoms with E-state index in [1.54, 1.807) is 6.07 Å². The summed E-state index contributed by atoms with van der Waals surface area (Å²) >= 11 is 12.1. The lowest BCUT2D eigenvalue weighted by molar-refractivity contribution is 0.522. The predicted octanol–water partition coefficient (Wildman–Crippen LogP) is 4.60. The second-order valence-corrected chi connectivity index (χ2v) is 4.77. The minimum absolute atomic E-state index is 0.311. The summed E-state index contributed by atoms with van der Waals surface area (Å²) < 4.78 is 10.6. The maximum absolute atomic E-state index is 6.27. The number of halogens is 2. The molecule has 2 heterocycles. The van der Waals surface area contributed by atoms with Gasteiger partial charge in [0.1, 0.15) is 5.52 Å². The predicted molar refractivity (Wildman–Crippen MR) is 70.0 cm³/mol. The maximum Gasteiger partial charge on any atom is 0.197 e. The minimum Gasteiger partial charge on any atom is -0.453 e. The molecule has 0 saturated heterocycles. The number of nitrogens with zero attached hydrogens (tertiary/aromatic N) is 1. The van der Waals surface area contributed by atoms with Gasteiger partial charge < -0.3 is 8.83 Å². The topological polar surface area (TPSA) is 39.2 Å². The van der Waals surface area contributed by atoms with Crippen LogP contribution in [-0.2, 0) is 6.42 Å². The van der Waals surface area contributed by atoms with Gasteiger partial charge in [0.15, 0.2) is 16.7 Å². The highest BCUT2D eigenvalue weighted by atomic mass is 35.5. The Bertz CT molecular complexity index is 641. The molecule has 0 radical (unpaired) electrons. The fraction of sp³-hybridized carbons (Fsp3) is 0.154. The molecule has 3 nitrogen and oxygen atoms in total. The van der Waals surface area contributed by atoms with Gasteiger partial charge in [-0.3, -0.25) is 0 Å². The molecule has 0 saturated carbocycles. The Morgan fingerprint density at radius 2 is 2.06 bits per heavy atom. The van der Waals surface area contributed by atoms with Gasteiger partial charge in [-0.2, -0.15) is 0 Å². The summed E-state index contributed by atoms with van der Waals surface area (Å²) in [6, 6.07) is 9.35. The van der Waals surface area contributed by atoms with Crippen LogP contribution >= 0.6 is 23.2 Å². The van der Waals surface area contributed by atoms with Gasteiger partial charge in [0, 0.05) is 12.0 Å². The third kappa shape index (κ3) is 2.11. The van der Waals surface area contributed by atoms with E-state index in [2.05, 4.69) is 4.98 Å². The van der Waals surface area contributed by atoms with Crippen LogP contribution in [0.5, 0.6) is 0 Å². The van der Waals surface area contributed by atoms with Gasteiger partial charge in [0.25, 0.3) is 0 Å². The molecular formula is C13H9Cl2NO2. The van der Waals surface area contributed by atoms with Crippen LogP contribution in [0.2, 0.25) is 5.22 Å². The fourth-order valence-corrected chi connectivity index (χ4v) is 2.40. The number of hydrogen-bond acceptors (Lipinski definition) is 3. The Labute approximate surface area is 113 Å². The summed E-state index contributed by atoms with van der Waals surface area (Å²) in [5.41, 5.74) is 2.34. The first-order chi connectivity index (χ1) is 8.74. The van der Waals surface area contributed by atoms with Gasteiger partial charge in [0.05, 0.1) is 11.6 Å². The van der Waals surface area contributed by atoms with Crippen molar-refractivity contribution in [1.82, 2.24) is 4.98 Å². The second-order valence-electron chi connectivity index (χ2n) is 3.90. The van der Waals surface area contributed by atoms with E-state index >= 15 is 0 Å². The average Bonchev–Trinajstić information content (AvgIpc) is 2.94. The molecule has 92 valence electrons. The standard InChI is InChI=1S/C13H9Cl2NO2/c14-9(8-5-6-17-13(8)15)7-12-16-10-3-1-2-4-11(10)18-12/h1-6,9H,7H2. The molecule has 2 aromatic heterocycles. The van der Waals surface area contributed by atoms with E-state index in [-0.39, 0.29) is 5.38 Å². The zero-order chi connectivity index (χ0) is 12.5. The summed E-state index contributed by atoms with van der Waals surface area (Å²) in [5, 5.41) is -0.00424. The molecule has 3 rings (SSSR count). The number of hydrogen-bond donors (Lipinski definition) is 0. The lowest BCUT2D eigenvalue weighted by Gasteiger charge is -2.03. The second kappa shape index (κ2) is 4.67. The monoisotopic (exact) mass is 281 g/mol. The normalized spacial score (nSPS) is 13.0. The van der Waals surface area contributed by atoms with E-state index in [1.165, 1.54) is 6.26 Å². The smallest absolute Gasteiger partial charge is 0.197 e. The molecule has 0 aliphatic heterocycles. The Morgan fingerprint density at radius 3 is 2.78 bits per heavy atom. The molecular weight excluding hydrogens is 273 g/mol. The highest BCUT2D eigenvalue weighted by Gasteiger charge is 2.18. The van der Waals surface area contributed by atoms with E-state index < -0.39 is 0 Å². The highest BCUT2D eigenvalue weighted by molar-refractivity contribution is 6.31. The third-order valence-electron chi connectivity index (χ3n) is 2.68. The molecule has 0 aliphatic rings.